The van der Waals surface area contributed by atoms with Gasteiger partial charge in [-0.1, -0.05) is 36.4 Å². The van der Waals surface area contributed by atoms with Crippen LogP contribution >= 0.6 is 0 Å². The summed E-state index contributed by atoms with van der Waals surface area (Å²) in [7, 11) is 0. The number of carbonyl (C=O) groups is 1. The molecule has 2 amide bonds. The van der Waals surface area contributed by atoms with Gasteiger partial charge in [-0.25, -0.2) is 4.79 Å². The summed E-state index contributed by atoms with van der Waals surface area (Å²) >= 11 is 0. The molecule has 2 aromatic carbocycles. The molecule has 0 unspecified atom stereocenters. The first-order chi connectivity index (χ1) is 13.4. The highest BCUT2D eigenvalue weighted by molar-refractivity contribution is 5.73. The molecule has 0 radical (unpaired) electrons. The molecule has 0 atom stereocenters. The zero-order valence-electron chi connectivity index (χ0n) is 15.1. The fraction of sp³-hybridized carbons (Fsp3) is 0.200. The lowest BCUT2D eigenvalue weighted by Crippen LogP contribution is -2.34. The number of halogens is 3. The number of hydrogen-bond donors (Lipinski definition) is 3. The molecule has 3 rings (SSSR count). The molecular formula is C20H19F3N4O. The maximum absolute atomic E-state index is 12.7. The number of hydrogen-bond acceptors (Lipinski definition) is 2. The average molecular weight is 388 g/mol. The van der Waals surface area contributed by atoms with Crippen LogP contribution in [-0.4, -0.2) is 22.8 Å². The monoisotopic (exact) mass is 388 g/mol. The van der Waals surface area contributed by atoms with Gasteiger partial charge in [-0.3, -0.25) is 5.10 Å². The first-order valence-electron chi connectivity index (χ1n) is 8.71. The highest BCUT2D eigenvalue weighted by atomic mass is 19.4. The molecule has 0 aliphatic heterocycles. The predicted octanol–water partition coefficient (Wildman–Crippen LogP) is 4.58. The first kappa shape index (κ1) is 19.5. The number of aromatic nitrogens is 2. The minimum absolute atomic E-state index is 0.221. The zero-order chi connectivity index (χ0) is 20.1. The summed E-state index contributed by atoms with van der Waals surface area (Å²) in [4.78, 5) is 11.4. The molecule has 5 nitrogen and oxygen atoms in total. The van der Waals surface area contributed by atoms with Crippen LogP contribution in [0.4, 0.5) is 18.0 Å². The van der Waals surface area contributed by atoms with E-state index in [2.05, 4.69) is 20.8 Å². The SMILES string of the molecule is CCNC(=O)NCc1ccc(-c2cc(-c3ccc(C(F)(F)F)cc3)n[nH]2)cc1. The van der Waals surface area contributed by atoms with Crippen LogP contribution in [0.25, 0.3) is 22.5 Å². The number of alkyl halides is 3. The van der Waals surface area contributed by atoms with Gasteiger partial charge in [0.15, 0.2) is 0 Å². The van der Waals surface area contributed by atoms with Gasteiger partial charge < -0.3 is 10.6 Å². The largest absolute Gasteiger partial charge is 0.416 e. The van der Waals surface area contributed by atoms with Crippen molar-refractivity contribution in [3.8, 4) is 22.5 Å². The van der Waals surface area contributed by atoms with Crippen LogP contribution in [0.1, 0.15) is 18.1 Å². The number of aromatic amines is 1. The maximum atomic E-state index is 12.7. The van der Waals surface area contributed by atoms with E-state index in [0.29, 0.717) is 24.3 Å². The van der Waals surface area contributed by atoms with E-state index < -0.39 is 11.7 Å². The van der Waals surface area contributed by atoms with E-state index in [4.69, 9.17) is 0 Å². The summed E-state index contributed by atoms with van der Waals surface area (Å²) in [6, 6.07) is 14.0. The molecule has 1 aromatic heterocycles. The summed E-state index contributed by atoms with van der Waals surface area (Å²) in [5, 5.41) is 12.5. The van der Waals surface area contributed by atoms with E-state index in [-0.39, 0.29) is 6.03 Å². The molecular weight excluding hydrogens is 369 g/mol. The third-order valence-corrected chi connectivity index (χ3v) is 4.14. The minimum atomic E-state index is -4.36. The molecule has 8 heteroatoms. The molecule has 0 saturated carbocycles. The van der Waals surface area contributed by atoms with E-state index in [1.807, 2.05) is 31.2 Å². The number of carbonyl (C=O) groups excluding carboxylic acids is 1. The van der Waals surface area contributed by atoms with Crippen molar-refractivity contribution in [2.45, 2.75) is 19.6 Å². The molecule has 1 heterocycles. The van der Waals surface area contributed by atoms with Gasteiger partial charge in [0.2, 0.25) is 0 Å². The van der Waals surface area contributed by atoms with E-state index in [0.717, 1.165) is 29.0 Å². The molecule has 0 bridgehead atoms. The van der Waals surface area contributed by atoms with Gasteiger partial charge in [0, 0.05) is 18.7 Å². The third kappa shape index (κ3) is 4.70. The van der Waals surface area contributed by atoms with Crippen LogP contribution in [0.15, 0.2) is 54.6 Å². The third-order valence-electron chi connectivity index (χ3n) is 4.14. The second-order valence-electron chi connectivity index (χ2n) is 6.15. The summed E-state index contributed by atoms with van der Waals surface area (Å²) in [6.45, 7) is 2.81. The molecule has 3 aromatic rings. The van der Waals surface area contributed by atoms with E-state index >= 15 is 0 Å². The van der Waals surface area contributed by atoms with Gasteiger partial charge in [0.05, 0.1) is 17.0 Å². The Morgan fingerprint density at radius 3 is 2.25 bits per heavy atom. The van der Waals surface area contributed by atoms with Crippen LogP contribution in [0.5, 0.6) is 0 Å². The number of rotatable bonds is 5. The van der Waals surface area contributed by atoms with Crippen LogP contribution in [0.2, 0.25) is 0 Å². The molecule has 0 spiro atoms. The fourth-order valence-corrected chi connectivity index (χ4v) is 2.66. The fourth-order valence-electron chi connectivity index (χ4n) is 2.66. The van der Waals surface area contributed by atoms with Gasteiger partial charge in [0.25, 0.3) is 0 Å². The standard InChI is InChI=1S/C20H19F3N4O/c1-2-24-19(28)25-12-13-3-5-14(6-4-13)17-11-18(27-26-17)15-7-9-16(10-8-15)20(21,22)23/h3-11H,2,12H2,1H3,(H,26,27)(H2,24,25,28). The van der Waals surface area contributed by atoms with Crippen molar-refractivity contribution in [3.63, 3.8) is 0 Å². The van der Waals surface area contributed by atoms with Gasteiger partial charge in [-0.05, 0) is 36.2 Å². The van der Waals surface area contributed by atoms with E-state index in [1.165, 1.54) is 12.1 Å². The van der Waals surface area contributed by atoms with Crippen molar-refractivity contribution in [1.82, 2.24) is 20.8 Å². The summed E-state index contributed by atoms with van der Waals surface area (Å²) in [5.74, 6) is 0. The molecule has 0 saturated heterocycles. The van der Waals surface area contributed by atoms with Gasteiger partial charge in [-0.15, -0.1) is 0 Å². The smallest absolute Gasteiger partial charge is 0.338 e. The zero-order valence-corrected chi connectivity index (χ0v) is 15.1. The Hall–Kier alpha value is -3.29. The van der Waals surface area contributed by atoms with Gasteiger partial charge in [-0.2, -0.15) is 18.3 Å². The quantitative estimate of drug-likeness (QED) is 0.599. The summed E-state index contributed by atoms with van der Waals surface area (Å²) in [5.41, 5.74) is 3.04. The summed E-state index contributed by atoms with van der Waals surface area (Å²) in [6.07, 6.45) is -4.36. The molecule has 3 N–H and O–H groups in total. The lowest BCUT2D eigenvalue weighted by molar-refractivity contribution is -0.137. The number of H-pyrrole nitrogens is 1. The Morgan fingerprint density at radius 2 is 1.64 bits per heavy atom. The van der Waals surface area contributed by atoms with E-state index in [1.54, 1.807) is 6.07 Å². The number of nitrogens with zero attached hydrogens (tertiary/aromatic N) is 1. The number of benzene rings is 2. The number of nitrogens with one attached hydrogen (secondary N) is 3. The van der Waals surface area contributed by atoms with Gasteiger partial charge >= 0.3 is 12.2 Å². The molecule has 146 valence electrons. The lowest BCUT2D eigenvalue weighted by Gasteiger charge is -2.06. The molecule has 28 heavy (non-hydrogen) atoms. The highest BCUT2D eigenvalue weighted by Crippen LogP contribution is 2.31. The molecule has 0 fully saturated rings. The van der Waals surface area contributed by atoms with Crippen molar-refractivity contribution >= 4 is 6.03 Å². The second-order valence-corrected chi connectivity index (χ2v) is 6.15. The Morgan fingerprint density at radius 1 is 1.00 bits per heavy atom. The van der Waals surface area contributed by atoms with Crippen molar-refractivity contribution in [2.75, 3.05) is 6.54 Å². The van der Waals surface area contributed by atoms with Crippen molar-refractivity contribution < 1.29 is 18.0 Å². The normalized spacial score (nSPS) is 11.3. The predicted molar refractivity (Wildman–Crippen MR) is 100 cm³/mol. The Labute approximate surface area is 160 Å². The Bertz CT molecular complexity index is 931. The Balaban J connectivity index is 1.69. The van der Waals surface area contributed by atoms with Crippen molar-refractivity contribution in [2.24, 2.45) is 0 Å². The van der Waals surface area contributed by atoms with Crippen molar-refractivity contribution in [3.05, 3.63) is 65.7 Å². The first-order valence-corrected chi connectivity index (χ1v) is 8.71. The number of amides is 2. The summed E-state index contributed by atoms with van der Waals surface area (Å²) < 4.78 is 38.0. The average Bonchev–Trinajstić information content (AvgIpc) is 3.17. The van der Waals surface area contributed by atoms with Crippen LogP contribution in [-0.2, 0) is 12.7 Å². The Kier molecular flexibility index (Phi) is 5.67. The maximum Gasteiger partial charge on any atom is 0.416 e. The molecule has 0 aliphatic rings. The second kappa shape index (κ2) is 8.16. The van der Waals surface area contributed by atoms with Gasteiger partial charge in [0.1, 0.15) is 0 Å². The van der Waals surface area contributed by atoms with Crippen molar-refractivity contribution in [1.29, 1.82) is 0 Å². The molecule has 0 aliphatic carbocycles. The number of urea groups is 1. The minimum Gasteiger partial charge on any atom is -0.338 e. The topological polar surface area (TPSA) is 69.8 Å². The lowest BCUT2D eigenvalue weighted by atomic mass is 10.1. The van der Waals surface area contributed by atoms with Crippen LogP contribution < -0.4 is 10.6 Å². The van der Waals surface area contributed by atoms with Crippen LogP contribution in [0, 0.1) is 0 Å². The van der Waals surface area contributed by atoms with E-state index in [9.17, 15) is 18.0 Å². The highest BCUT2D eigenvalue weighted by Gasteiger charge is 2.30. The van der Waals surface area contributed by atoms with Crippen LogP contribution in [0.3, 0.4) is 0 Å².